The van der Waals surface area contributed by atoms with Crippen molar-refractivity contribution < 1.29 is 22.3 Å². The van der Waals surface area contributed by atoms with Gasteiger partial charge in [-0.15, -0.1) is 0 Å². The van der Waals surface area contributed by atoms with Crippen molar-refractivity contribution >= 4 is 17.5 Å². The van der Waals surface area contributed by atoms with Crippen LogP contribution in [0.4, 0.5) is 17.6 Å². The highest BCUT2D eigenvalue weighted by molar-refractivity contribution is 6.32. The molecule has 0 atom stereocenters. The Balaban J connectivity index is 0.00000361. The molecule has 0 saturated heterocycles. The molecule has 0 saturated carbocycles. The van der Waals surface area contributed by atoms with E-state index in [2.05, 4.69) is 0 Å². The lowest BCUT2D eigenvalue weighted by molar-refractivity contribution is -0.137. The summed E-state index contributed by atoms with van der Waals surface area (Å²) in [5.74, 6) is -2.51. The van der Waals surface area contributed by atoms with Gasteiger partial charge in [-0.05, 0) is 19.1 Å². The zero-order valence-corrected chi connectivity index (χ0v) is 10.4. The molecule has 1 rings (SSSR count). The Morgan fingerprint density at radius 1 is 1.40 bits per heavy atom. The van der Waals surface area contributed by atoms with Crippen molar-refractivity contribution in [3.05, 3.63) is 40.3 Å². The molecule has 3 N–H and O–H groups in total. The molecule has 3 nitrogen and oxygen atoms in total. The highest BCUT2D eigenvalue weighted by Crippen LogP contribution is 2.36. The Morgan fingerprint density at radius 2 is 1.95 bits per heavy atom. The molecule has 0 spiro atoms. The fourth-order valence-electron chi connectivity index (χ4n) is 1.17. The van der Waals surface area contributed by atoms with Gasteiger partial charge in [0, 0.05) is 11.8 Å². The third-order valence-electron chi connectivity index (χ3n) is 1.90. The van der Waals surface area contributed by atoms with Crippen LogP contribution in [0.5, 0.6) is 5.75 Å². The molecule has 0 amide bonds. The summed E-state index contributed by atoms with van der Waals surface area (Å²) in [5, 5.41) is 6.72. The monoisotopic (exact) mass is 312 g/mol. The van der Waals surface area contributed by atoms with Crippen LogP contribution in [0.2, 0.25) is 5.02 Å². The molecule has 0 aliphatic carbocycles. The summed E-state index contributed by atoms with van der Waals surface area (Å²) < 4.78 is 55.3. The normalized spacial score (nSPS) is 11.8. The fourth-order valence-corrected chi connectivity index (χ4v) is 1.41. The standard InChI is InChI=1S/C11H9ClF4N2O.CH4/c1-5(17)2-9(18)19-10-7(12)3-6(4-8(10)13)11(14,15)16;/h2-4,18H,17H2,1H3;1H4/b5-2-,18-9?;. The second kappa shape index (κ2) is 6.60. The van der Waals surface area contributed by atoms with Gasteiger partial charge in [0.25, 0.3) is 0 Å². The molecular weight excluding hydrogens is 300 g/mol. The Labute approximate surface area is 118 Å². The van der Waals surface area contributed by atoms with Crippen molar-refractivity contribution in [3.8, 4) is 5.75 Å². The molecule has 0 bridgehead atoms. The number of alkyl halides is 3. The maximum absolute atomic E-state index is 13.5. The maximum atomic E-state index is 13.5. The lowest BCUT2D eigenvalue weighted by atomic mass is 10.2. The molecule has 0 heterocycles. The molecule has 20 heavy (non-hydrogen) atoms. The molecule has 112 valence electrons. The van der Waals surface area contributed by atoms with E-state index in [0.717, 1.165) is 6.08 Å². The van der Waals surface area contributed by atoms with E-state index < -0.39 is 34.2 Å². The van der Waals surface area contributed by atoms with Gasteiger partial charge in [0.15, 0.2) is 11.6 Å². The minimum atomic E-state index is -4.72. The van der Waals surface area contributed by atoms with Crippen LogP contribution in [0.15, 0.2) is 23.9 Å². The molecular formula is C12H13ClF4N2O. The van der Waals surface area contributed by atoms with E-state index in [9.17, 15) is 17.6 Å². The van der Waals surface area contributed by atoms with Crippen LogP contribution in [0, 0.1) is 11.2 Å². The smallest absolute Gasteiger partial charge is 0.416 e. The van der Waals surface area contributed by atoms with Crippen LogP contribution in [0.1, 0.15) is 19.9 Å². The quantitative estimate of drug-likeness (QED) is 0.484. The minimum Gasteiger partial charge on any atom is -0.435 e. The molecule has 0 unspecified atom stereocenters. The van der Waals surface area contributed by atoms with Crippen LogP contribution >= 0.6 is 11.6 Å². The maximum Gasteiger partial charge on any atom is 0.416 e. The van der Waals surface area contributed by atoms with Gasteiger partial charge in [-0.3, -0.25) is 5.41 Å². The number of benzene rings is 1. The fraction of sp³-hybridized carbons (Fsp3) is 0.250. The molecule has 0 fully saturated rings. The second-order valence-electron chi connectivity index (χ2n) is 3.62. The number of hydrogen-bond donors (Lipinski definition) is 2. The van der Waals surface area contributed by atoms with Crippen LogP contribution in [-0.4, -0.2) is 5.90 Å². The van der Waals surface area contributed by atoms with Crippen LogP contribution in [0.3, 0.4) is 0 Å². The molecule has 1 aromatic carbocycles. The van der Waals surface area contributed by atoms with E-state index in [1.807, 2.05) is 0 Å². The third-order valence-corrected chi connectivity index (χ3v) is 2.18. The van der Waals surface area contributed by atoms with E-state index in [0.29, 0.717) is 6.07 Å². The van der Waals surface area contributed by atoms with E-state index in [1.54, 1.807) is 0 Å². The Kier molecular flexibility index (Phi) is 6.02. The number of allylic oxidation sites excluding steroid dienone is 1. The van der Waals surface area contributed by atoms with Gasteiger partial charge in [-0.25, -0.2) is 4.39 Å². The number of ether oxygens (including phenoxy) is 1. The van der Waals surface area contributed by atoms with Gasteiger partial charge >= 0.3 is 6.18 Å². The Bertz CT molecular complexity index is 514. The van der Waals surface area contributed by atoms with E-state index in [-0.39, 0.29) is 19.2 Å². The largest absolute Gasteiger partial charge is 0.435 e. The van der Waals surface area contributed by atoms with Crippen molar-refractivity contribution in [1.29, 1.82) is 5.41 Å². The van der Waals surface area contributed by atoms with E-state index in [1.165, 1.54) is 6.92 Å². The first-order valence-corrected chi connectivity index (χ1v) is 5.25. The predicted octanol–water partition coefficient (Wildman–Crippen LogP) is 4.35. The molecule has 0 aliphatic rings. The zero-order chi connectivity index (χ0) is 14.8. The van der Waals surface area contributed by atoms with Gasteiger partial charge in [-0.1, -0.05) is 19.0 Å². The van der Waals surface area contributed by atoms with Crippen molar-refractivity contribution in [1.82, 2.24) is 0 Å². The number of rotatable bonds is 2. The molecule has 1 aromatic rings. The van der Waals surface area contributed by atoms with Gasteiger partial charge < -0.3 is 10.5 Å². The number of nitrogens with one attached hydrogen (secondary N) is 1. The summed E-state index contributed by atoms with van der Waals surface area (Å²) in [4.78, 5) is 0. The average molecular weight is 313 g/mol. The lowest BCUT2D eigenvalue weighted by Crippen LogP contribution is -2.10. The first-order chi connectivity index (χ1) is 8.61. The molecule has 0 radical (unpaired) electrons. The van der Waals surface area contributed by atoms with Crippen LogP contribution < -0.4 is 10.5 Å². The zero-order valence-electron chi connectivity index (χ0n) is 9.61. The van der Waals surface area contributed by atoms with E-state index in [4.69, 9.17) is 27.5 Å². The summed E-state index contributed by atoms with van der Waals surface area (Å²) in [7, 11) is 0. The summed E-state index contributed by atoms with van der Waals surface area (Å²) in [5.41, 5.74) is 4.25. The second-order valence-corrected chi connectivity index (χ2v) is 4.03. The number of nitrogens with two attached hydrogens (primary N) is 1. The minimum absolute atomic E-state index is 0. The molecule has 0 aromatic heterocycles. The van der Waals surface area contributed by atoms with Crippen molar-refractivity contribution in [2.45, 2.75) is 20.5 Å². The lowest BCUT2D eigenvalue weighted by Gasteiger charge is -2.11. The van der Waals surface area contributed by atoms with E-state index >= 15 is 0 Å². The Hall–Kier alpha value is -1.76. The molecule has 8 heteroatoms. The average Bonchev–Trinajstić information content (AvgIpc) is 2.20. The Morgan fingerprint density at radius 3 is 2.35 bits per heavy atom. The molecule has 0 aliphatic heterocycles. The third kappa shape index (κ3) is 4.73. The number of halogens is 5. The van der Waals surface area contributed by atoms with Gasteiger partial charge in [0.1, 0.15) is 0 Å². The SMILES string of the molecule is C.C/C(N)=C/C(=N)Oc1c(F)cc(C(F)(F)F)cc1Cl. The predicted molar refractivity (Wildman–Crippen MR) is 69.4 cm³/mol. The van der Waals surface area contributed by atoms with Gasteiger partial charge in [0.2, 0.25) is 5.90 Å². The number of hydrogen-bond acceptors (Lipinski definition) is 3. The summed E-state index contributed by atoms with van der Waals surface area (Å²) >= 11 is 5.51. The summed E-state index contributed by atoms with van der Waals surface area (Å²) in [6, 6.07) is 0.764. The summed E-state index contributed by atoms with van der Waals surface area (Å²) in [6.07, 6.45) is -3.66. The van der Waals surface area contributed by atoms with Crippen LogP contribution in [0.25, 0.3) is 0 Å². The van der Waals surface area contributed by atoms with Crippen molar-refractivity contribution in [2.24, 2.45) is 5.73 Å². The van der Waals surface area contributed by atoms with Crippen molar-refractivity contribution in [2.75, 3.05) is 0 Å². The topological polar surface area (TPSA) is 59.1 Å². The first kappa shape index (κ1) is 18.2. The van der Waals surface area contributed by atoms with Crippen LogP contribution in [-0.2, 0) is 6.18 Å². The first-order valence-electron chi connectivity index (χ1n) is 4.87. The highest BCUT2D eigenvalue weighted by Gasteiger charge is 2.32. The van der Waals surface area contributed by atoms with Gasteiger partial charge in [0.05, 0.1) is 10.6 Å². The summed E-state index contributed by atoms with van der Waals surface area (Å²) in [6.45, 7) is 1.46. The highest BCUT2D eigenvalue weighted by atomic mass is 35.5. The van der Waals surface area contributed by atoms with Crippen molar-refractivity contribution in [3.63, 3.8) is 0 Å². The van der Waals surface area contributed by atoms with Gasteiger partial charge in [-0.2, -0.15) is 13.2 Å².